The molecule has 17 aromatic rings. The van der Waals surface area contributed by atoms with Gasteiger partial charge in [-0.2, -0.15) is 0 Å². The zero-order valence-corrected chi connectivity index (χ0v) is 47.8. The lowest BCUT2D eigenvalue weighted by Crippen LogP contribution is -2.06. The van der Waals surface area contributed by atoms with Crippen LogP contribution in [0.25, 0.3) is 161 Å². The molecule has 1 aliphatic carbocycles. The van der Waals surface area contributed by atoms with E-state index >= 15 is 0 Å². The van der Waals surface area contributed by atoms with E-state index in [9.17, 15) is 0 Å². The van der Waals surface area contributed by atoms with Crippen molar-refractivity contribution in [1.29, 1.82) is 0 Å². The molecule has 0 radical (unpaired) electrons. The highest BCUT2D eigenvalue weighted by atomic mass is 15.1. The van der Waals surface area contributed by atoms with Gasteiger partial charge in [0.2, 0.25) is 0 Å². The van der Waals surface area contributed by atoms with Crippen LogP contribution in [0.5, 0.6) is 0 Å². The molecule has 0 saturated carbocycles. The number of nitrogens with zero attached hydrogens (tertiary/aromatic N) is 7. The molecule has 7 nitrogen and oxygen atoms in total. The van der Waals surface area contributed by atoms with Gasteiger partial charge in [0.15, 0.2) is 17.5 Å². The van der Waals surface area contributed by atoms with Crippen molar-refractivity contribution < 1.29 is 0 Å². The molecule has 1 unspecified atom stereocenters. The van der Waals surface area contributed by atoms with E-state index in [1.807, 2.05) is 18.2 Å². The van der Waals surface area contributed by atoms with E-state index in [4.69, 9.17) is 15.0 Å². The summed E-state index contributed by atoms with van der Waals surface area (Å²) in [5.74, 6) is 1.82. The molecule has 412 valence electrons. The third-order valence-electron chi connectivity index (χ3n) is 18.1. The number of allylic oxidation sites excluding steroid dienone is 4. The number of benzene rings is 12. The van der Waals surface area contributed by atoms with E-state index in [1.165, 1.54) is 65.3 Å². The Balaban J connectivity index is 0.777. The Bertz CT molecular complexity index is 5630. The van der Waals surface area contributed by atoms with Crippen LogP contribution in [0, 0.1) is 0 Å². The zero-order chi connectivity index (χ0) is 57.8. The molecule has 5 aromatic heterocycles. The lowest BCUT2D eigenvalue weighted by Gasteiger charge is -2.19. The lowest BCUT2D eigenvalue weighted by molar-refractivity contribution is 0.648. The fourth-order valence-electron chi connectivity index (χ4n) is 14.1. The molecular weight excluding hydrogens is 1070 g/mol. The Morgan fingerprint density at radius 1 is 0.261 bits per heavy atom. The molecule has 0 N–H and O–H groups in total. The van der Waals surface area contributed by atoms with Gasteiger partial charge in [0.25, 0.3) is 0 Å². The van der Waals surface area contributed by atoms with Gasteiger partial charge in [-0.15, -0.1) is 0 Å². The highest BCUT2D eigenvalue weighted by Crippen LogP contribution is 2.43. The summed E-state index contributed by atoms with van der Waals surface area (Å²) in [5, 5.41) is 9.81. The van der Waals surface area contributed by atoms with Gasteiger partial charge in [0.05, 0.1) is 50.5 Å². The molecule has 88 heavy (non-hydrogen) atoms. The number of rotatable bonds is 9. The molecular formula is C81H53N7. The van der Waals surface area contributed by atoms with Crippen molar-refractivity contribution in [2.75, 3.05) is 0 Å². The summed E-state index contributed by atoms with van der Waals surface area (Å²) in [6.07, 6.45) is 9.91. The van der Waals surface area contributed by atoms with Crippen molar-refractivity contribution in [3.05, 3.63) is 303 Å². The summed E-state index contributed by atoms with van der Waals surface area (Å²) in [7, 11) is 0. The highest BCUT2D eigenvalue weighted by Gasteiger charge is 2.23. The van der Waals surface area contributed by atoms with Crippen molar-refractivity contribution in [2.45, 2.75) is 12.5 Å². The van der Waals surface area contributed by atoms with Crippen LogP contribution in [-0.2, 0) is 0 Å². The molecule has 5 heterocycles. The largest absolute Gasteiger partial charge is 0.333 e. The first kappa shape index (κ1) is 49.7. The predicted octanol–water partition coefficient (Wildman–Crippen LogP) is 20.7. The van der Waals surface area contributed by atoms with Gasteiger partial charge >= 0.3 is 0 Å². The molecule has 1 aliphatic rings. The van der Waals surface area contributed by atoms with E-state index in [1.54, 1.807) is 0 Å². The van der Waals surface area contributed by atoms with Crippen molar-refractivity contribution in [3.63, 3.8) is 0 Å². The summed E-state index contributed by atoms with van der Waals surface area (Å²) in [4.78, 5) is 15.6. The van der Waals surface area contributed by atoms with Crippen molar-refractivity contribution in [1.82, 2.24) is 33.2 Å². The van der Waals surface area contributed by atoms with Crippen LogP contribution in [0.15, 0.2) is 303 Å². The maximum atomic E-state index is 5.27. The predicted molar refractivity (Wildman–Crippen MR) is 365 cm³/mol. The topological polar surface area (TPSA) is 58.4 Å². The molecule has 0 saturated heterocycles. The first-order valence-corrected chi connectivity index (χ1v) is 30.2. The van der Waals surface area contributed by atoms with E-state index in [0.717, 1.165) is 84.4 Å². The summed E-state index contributed by atoms with van der Waals surface area (Å²) in [6, 6.07) is 101. The first-order valence-electron chi connectivity index (χ1n) is 30.2. The minimum atomic E-state index is 0.269. The summed E-state index contributed by atoms with van der Waals surface area (Å²) >= 11 is 0. The Labute approximate surface area is 506 Å². The van der Waals surface area contributed by atoms with E-state index < -0.39 is 0 Å². The third kappa shape index (κ3) is 7.87. The standard InChI is InChI=1S/C81H53N7/c1-3-20-53(21-4-1)79-82-80(84-81(83-79)58-22-19-25-60(48-58)86-69-32-13-7-26-61(69)62-27-8-14-33-70(62)86)54-40-38-52(39-41-54)57-44-47-77(87-72-35-16-9-28-63(72)64-29-10-17-36-73(64)87)78(51-57)88-74-37-18-12-31-66(74)68-50-56(43-46-76(68)88)55-42-45-75-67(49-55)65-30-11-15-34-71(65)85(75)59-23-5-2-6-24-59/h1-23,25-51,59H,24H2. The van der Waals surface area contributed by atoms with Crippen LogP contribution in [0.4, 0.5) is 0 Å². The minimum absolute atomic E-state index is 0.269. The number of para-hydroxylation sites is 6. The van der Waals surface area contributed by atoms with Crippen molar-refractivity contribution in [3.8, 4) is 73.5 Å². The number of fused-ring (bicyclic) bond motifs is 12. The summed E-state index contributed by atoms with van der Waals surface area (Å²) in [5.41, 5.74) is 19.9. The maximum absolute atomic E-state index is 5.27. The molecule has 7 heteroatoms. The highest BCUT2D eigenvalue weighted by molar-refractivity contribution is 6.14. The Morgan fingerprint density at radius 2 is 0.659 bits per heavy atom. The first-order chi connectivity index (χ1) is 43.6. The average molecular weight is 1120 g/mol. The second kappa shape index (κ2) is 20.0. The third-order valence-corrected chi connectivity index (χ3v) is 18.1. The molecule has 0 amide bonds. The Hall–Kier alpha value is -11.7. The Kier molecular flexibility index (Phi) is 11.3. The molecule has 12 aromatic carbocycles. The van der Waals surface area contributed by atoms with Crippen LogP contribution in [0.2, 0.25) is 0 Å². The van der Waals surface area contributed by atoms with Gasteiger partial charge in [0.1, 0.15) is 0 Å². The molecule has 0 fully saturated rings. The smallest absolute Gasteiger partial charge is 0.164 e. The molecule has 18 rings (SSSR count). The van der Waals surface area contributed by atoms with Crippen LogP contribution in [0.3, 0.4) is 0 Å². The molecule has 0 aliphatic heterocycles. The second-order valence-electron chi connectivity index (χ2n) is 23.1. The van der Waals surface area contributed by atoms with Crippen LogP contribution in [-0.4, -0.2) is 33.2 Å². The van der Waals surface area contributed by atoms with Gasteiger partial charge in [-0.1, -0.05) is 218 Å². The quantitative estimate of drug-likeness (QED) is 0.145. The van der Waals surface area contributed by atoms with Gasteiger partial charge < -0.3 is 18.3 Å². The van der Waals surface area contributed by atoms with Crippen LogP contribution >= 0.6 is 0 Å². The monoisotopic (exact) mass is 1120 g/mol. The summed E-state index contributed by atoms with van der Waals surface area (Å²) in [6.45, 7) is 0. The maximum Gasteiger partial charge on any atom is 0.164 e. The van der Waals surface area contributed by atoms with Gasteiger partial charge in [-0.05, 0) is 114 Å². The minimum Gasteiger partial charge on any atom is -0.333 e. The SMILES string of the molecule is C1=CCC(n2c3ccccc3c3cc(-c4ccc5c(c4)c4ccccc4n5-c4cc(-c5ccc(-c6nc(-c7ccccc7)nc(-c7cccc(-n8c9ccccc9c9ccccc98)c7)n6)cc5)ccc4-n4c5ccccc5c5ccccc54)ccc32)C=C1. The number of hydrogen-bond acceptors (Lipinski definition) is 3. The fourth-order valence-corrected chi connectivity index (χ4v) is 14.1. The van der Waals surface area contributed by atoms with E-state index in [-0.39, 0.29) is 6.04 Å². The molecule has 0 spiro atoms. The fraction of sp³-hybridized carbons (Fsp3) is 0.0247. The number of aromatic nitrogens is 7. The average Bonchev–Trinajstić information content (AvgIpc) is 1.68. The second-order valence-corrected chi connectivity index (χ2v) is 23.1. The van der Waals surface area contributed by atoms with Crippen molar-refractivity contribution >= 4 is 87.2 Å². The van der Waals surface area contributed by atoms with E-state index in [0.29, 0.717) is 17.5 Å². The zero-order valence-electron chi connectivity index (χ0n) is 47.8. The summed E-state index contributed by atoms with van der Waals surface area (Å²) < 4.78 is 9.79. The number of hydrogen-bond donors (Lipinski definition) is 0. The molecule has 1 atom stereocenters. The van der Waals surface area contributed by atoms with E-state index in [2.05, 4.69) is 303 Å². The van der Waals surface area contributed by atoms with Crippen LogP contribution in [0.1, 0.15) is 12.5 Å². The normalized spacial score (nSPS) is 13.4. The van der Waals surface area contributed by atoms with Gasteiger partial charge in [-0.3, -0.25) is 0 Å². The van der Waals surface area contributed by atoms with Crippen molar-refractivity contribution in [2.24, 2.45) is 0 Å². The van der Waals surface area contributed by atoms with Crippen LogP contribution < -0.4 is 0 Å². The Morgan fingerprint density at radius 3 is 1.24 bits per heavy atom. The van der Waals surface area contributed by atoms with Gasteiger partial charge in [-0.25, -0.2) is 15.0 Å². The lowest BCUT2D eigenvalue weighted by atomic mass is 10.0. The van der Waals surface area contributed by atoms with Gasteiger partial charge in [0, 0.05) is 76.5 Å². The molecule has 0 bridgehead atoms.